The monoisotopic (exact) mass is 641 g/mol. The number of para-hydroxylation sites is 1. The van der Waals surface area contributed by atoms with Gasteiger partial charge in [-0.05, 0) is 65.0 Å². The van der Waals surface area contributed by atoms with Crippen LogP contribution in [0.3, 0.4) is 0 Å². The van der Waals surface area contributed by atoms with Crippen molar-refractivity contribution in [3.05, 3.63) is 163 Å². The predicted octanol–water partition coefficient (Wildman–Crippen LogP) is 10.6. The second kappa shape index (κ2) is 10.4. The van der Waals surface area contributed by atoms with Gasteiger partial charge in [-0.2, -0.15) is 0 Å². The van der Waals surface area contributed by atoms with E-state index in [9.17, 15) is 0 Å². The molecule has 0 unspecified atom stereocenters. The van der Waals surface area contributed by atoms with Gasteiger partial charge in [0.15, 0.2) is 0 Å². The zero-order valence-corrected chi connectivity index (χ0v) is 26.8. The number of benzene rings is 5. The van der Waals surface area contributed by atoms with Crippen molar-refractivity contribution in [1.82, 2.24) is 23.9 Å². The van der Waals surface area contributed by atoms with Gasteiger partial charge in [-0.15, -0.1) is 0 Å². The first kappa shape index (κ1) is 27.2. The van der Waals surface area contributed by atoms with Gasteiger partial charge >= 0.3 is 0 Å². The average molecular weight is 642 g/mol. The van der Waals surface area contributed by atoms with Crippen molar-refractivity contribution in [2.45, 2.75) is 6.42 Å². The maximum Gasteiger partial charge on any atom is 0.147 e. The van der Waals surface area contributed by atoms with Gasteiger partial charge in [0.2, 0.25) is 0 Å². The van der Waals surface area contributed by atoms with E-state index in [1.54, 1.807) is 0 Å². The number of hydrogen-bond acceptors (Lipinski definition) is 4. The van der Waals surface area contributed by atoms with E-state index in [1.807, 2.05) is 42.7 Å². The number of nitrogens with zero attached hydrogens (tertiary/aromatic N) is 5. The van der Waals surface area contributed by atoms with Gasteiger partial charge in [-0.1, -0.05) is 84.9 Å². The van der Waals surface area contributed by atoms with Crippen LogP contribution in [0, 0.1) is 0 Å². The van der Waals surface area contributed by atoms with Crippen LogP contribution in [-0.4, -0.2) is 23.9 Å². The molecule has 0 radical (unpaired) electrons. The Bertz CT molecular complexity index is 2980. The smallest absolute Gasteiger partial charge is 0.147 e. The first-order valence-electron chi connectivity index (χ1n) is 16.8. The Morgan fingerprint density at radius 3 is 2.02 bits per heavy atom. The summed E-state index contributed by atoms with van der Waals surface area (Å²) in [7, 11) is 0. The SMILES string of the molecule is c1ccc(-c2nc3c4cc(Oc5ccc6c(c5)-n5c7ncccc7c7cccc(c75)C6)ccc4c4cccnc4n3c2-c2ccccc2)cc1. The van der Waals surface area contributed by atoms with Crippen LogP contribution in [0.15, 0.2) is 152 Å². The molecule has 0 N–H and O–H groups in total. The van der Waals surface area contributed by atoms with Crippen molar-refractivity contribution in [2.24, 2.45) is 0 Å². The minimum atomic E-state index is 0.741. The number of aromatic nitrogens is 5. The highest BCUT2D eigenvalue weighted by molar-refractivity contribution is 6.13. The van der Waals surface area contributed by atoms with Crippen LogP contribution in [0.5, 0.6) is 11.5 Å². The van der Waals surface area contributed by atoms with Crippen molar-refractivity contribution in [3.8, 4) is 39.7 Å². The van der Waals surface area contributed by atoms with Crippen LogP contribution in [-0.2, 0) is 6.42 Å². The molecule has 1 aliphatic heterocycles. The Labute approximate surface area is 286 Å². The molecule has 11 rings (SSSR count). The summed E-state index contributed by atoms with van der Waals surface area (Å²) in [6, 6.07) is 48.4. The maximum absolute atomic E-state index is 6.71. The summed E-state index contributed by atoms with van der Waals surface area (Å²) in [5, 5.41) is 5.52. The van der Waals surface area contributed by atoms with Gasteiger partial charge in [0.05, 0.1) is 22.6 Å². The number of hydrogen-bond donors (Lipinski definition) is 0. The van der Waals surface area contributed by atoms with Crippen LogP contribution in [0.1, 0.15) is 11.1 Å². The molecule has 10 aromatic rings. The molecule has 6 heteroatoms. The molecule has 5 aromatic heterocycles. The lowest BCUT2D eigenvalue weighted by Crippen LogP contribution is -2.08. The molecule has 234 valence electrons. The summed E-state index contributed by atoms with van der Waals surface area (Å²) in [5.41, 5.74) is 11.6. The summed E-state index contributed by atoms with van der Waals surface area (Å²) in [4.78, 5) is 15.1. The van der Waals surface area contributed by atoms with E-state index in [0.717, 1.165) is 84.6 Å². The Hall–Kier alpha value is -6.79. The average Bonchev–Trinajstić information content (AvgIpc) is 3.75. The third-order valence-corrected chi connectivity index (χ3v) is 10.0. The molecular formula is C44H27N5O. The van der Waals surface area contributed by atoms with Gasteiger partial charge in [-0.3, -0.25) is 8.97 Å². The van der Waals surface area contributed by atoms with Gasteiger partial charge < -0.3 is 4.74 Å². The number of imidazole rings is 1. The second-order valence-electron chi connectivity index (χ2n) is 12.9. The number of ether oxygens (including phenoxy) is 1. The Morgan fingerprint density at radius 1 is 0.500 bits per heavy atom. The normalized spacial score (nSPS) is 12.3. The summed E-state index contributed by atoms with van der Waals surface area (Å²) < 4.78 is 11.2. The first-order chi connectivity index (χ1) is 24.8. The Morgan fingerprint density at radius 2 is 1.20 bits per heavy atom. The van der Waals surface area contributed by atoms with Crippen LogP contribution in [0.2, 0.25) is 0 Å². The lowest BCUT2D eigenvalue weighted by atomic mass is 9.97. The predicted molar refractivity (Wildman–Crippen MR) is 200 cm³/mol. The number of fused-ring (bicyclic) bond motifs is 11. The standard InChI is InChI=1S/C44H27N5O/c1-3-10-27(11-4-1)39-41(28-12-5-2-6-13-28)49-43-35(16-8-23-46-43)33-21-20-31(25-37(33)44(49)47-39)50-32-19-18-29-24-30-14-7-15-34-36-17-9-22-45-42(36)48(40(30)34)38(29)26-32/h1-23,25-26H,24H2. The van der Waals surface area contributed by atoms with Gasteiger partial charge in [0.1, 0.15) is 28.4 Å². The Kier molecular flexibility index (Phi) is 5.63. The number of rotatable bonds is 4. The van der Waals surface area contributed by atoms with E-state index in [-0.39, 0.29) is 0 Å². The minimum absolute atomic E-state index is 0.741. The van der Waals surface area contributed by atoms with Crippen LogP contribution in [0.4, 0.5) is 0 Å². The molecule has 1 aliphatic rings. The van der Waals surface area contributed by atoms with Crippen LogP contribution >= 0.6 is 0 Å². The quantitative estimate of drug-likeness (QED) is 0.180. The molecule has 0 bridgehead atoms. The van der Waals surface area contributed by atoms with E-state index in [2.05, 4.69) is 118 Å². The highest BCUT2D eigenvalue weighted by atomic mass is 16.5. The topological polar surface area (TPSA) is 57.2 Å². The summed E-state index contributed by atoms with van der Waals surface area (Å²) in [6.45, 7) is 0. The summed E-state index contributed by atoms with van der Waals surface area (Å²) in [6.07, 6.45) is 4.59. The lowest BCUT2D eigenvalue weighted by molar-refractivity contribution is 0.483. The fraction of sp³-hybridized carbons (Fsp3) is 0.0227. The zero-order valence-electron chi connectivity index (χ0n) is 26.8. The maximum atomic E-state index is 6.71. The zero-order chi connectivity index (χ0) is 32.8. The van der Waals surface area contributed by atoms with Crippen molar-refractivity contribution in [2.75, 3.05) is 0 Å². The van der Waals surface area contributed by atoms with Crippen molar-refractivity contribution in [1.29, 1.82) is 0 Å². The molecule has 6 nitrogen and oxygen atoms in total. The van der Waals surface area contributed by atoms with E-state index >= 15 is 0 Å². The Balaban J connectivity index is 1.11. The highest BCUT2D eigenvalue weighted by Crippen LogP contribution is 2.42. The molecule has 6 heterocycles. The van der Waals surface area contributed by atoms with Crippen molar-refractivity contribution < 1.29 is 4.74 Å². The fourth-order valence-electron chi connectivity index (χ4n) is 7.91. The highest BCUT2D eigenvalue weighted by Gasteiger charge is 2.24. The minimum Gasteiger partial charge on any atom is -0.457 e. The third kappa shape index (κ3) is 3.87. The molecular weight excluding hydrogens is 615 g/mol. The largest absolute Gasteiger partial charge is 0.457 e. The van der Waals surface area contributed by atoms with Crippen molar-refractivity contribution >= 4 is 49.4 Å². The van der Waals surface area contributed by atoms with E-state index < -0.39 is 0 Å². The summed E-state index contributed by atoms with van der Waals surface area (Å²) in [5.74, 6) is 1.51. The molecule has 0 spiro atoms. The van der Waals surface area contributed by atoms with Gasteiger partial charge in [0.25, 0.3) is 0 Å². The van der Waals surface area contributed by atoms with Crippen LogP contribution in [0.25, 0.3) is 77.6 Å². The first-order valence-corrected chi connectivity index (χ1v) is 16.8. The van der Waals surface area contributed by atoms with Gasteiger partial charge in [0, 0.05) is 57.6 Å². The van der Waals surface area contributed by atoms with E-state index in [0.29, 0.717) is 0 Å². The molecule has 0 saturated heterocycles. The molecule has 5 aromatic carbocycles. The molecule has 0 amide bonds. The van der Waals surface area contributed by atoms with Crippen LogP contribution < -0.4 is 4.74 Å². The van der Waals surface area contributed by atoms with E-state index in [1.165, 1.54) is 22.0 Å². The molecule has 0 saturated carbocycles. The van der Waals surface area contributed by atoms with E-state index in [4.69, 9.17) is 19.7 Å². The molecule has 0 aliphatic carbocycles. The fourth-order valence-corrected chi connectivity index (χ4v) is 7.91. The molecule has 0 fully saturated rings. The van der Waals surface area contributed by atoms with Crippen molar-refractivity contribution in [3.63, 3.8) is 0 Å². The second-order valence-corrected chi connectivity index (χ2v) is 12.9. The third-order valence-electron chi connectivity index (χ3n) is 10.0. The summed E-state index contributed by atoms with van der Waals surface area (Å²) >= 11 is 0. The van der Waals surface area contributed by atoms with Gasteiger partial charge in [-0.25, -0.2) is 15.0 Å². The molecule has 50 heavy (non-hydrogen) atoms. The molecule has 0 atom stereocenters. The lowest BCUT2D eigenvalue weighted by Gasteiger charge is -2.21. The number of pyridine rings is 3.